The fourth-order valence-electron chi connectivity index (χ4n) is 2.92. The predicted molar refractivity (Wildman–Crippen MR) is 77.8 cm³/mol. The third kappa shape index (κ3) is 4.02. The lowest BCUT2D eigenvalue weighted by molar-refractivity contribution is 0.154. The molecular weight excluding hydrogens is 239 g/mol. The van der Waals surface area contributed by atoms with Gasteiger partial charge in [0.15, 0.2) is 0 Å². The van der Waals surface area contributed by atoms with Gasteiger partial charge in [-0.05, 0) is 50.0 Å². The van der Waals surface area contributed by atoms with Crippen LogP contribution in [0.15, 0.2) is 24.3 Å². The average Bonchev–Trinajstić information content (AvgIpc) is 2.42. The summed E-state index contributed by atoms with van der Waals surface area (Å²) in [6.07, 6.45) is 1.97. The largest absolute Gasteiger partial charge is 0.313 e. The van der Waals surface area contributed by atoms with Crippen molar-refractivity contribution in [3.05, 3.63) is 35.6 Å². The van der Waals surface area contributed by atoms with Gasteiger partial charge in [0.05, 0.1) is 0 Å². The maximum absolute atomic E-state index is 13.5. The van der Waals surface area contributed by atoms with Crippen molar-refractivity contribution in [1.82, 2.24) is 10.2 Å². The molecule has 0 radical (unpaired) electrons. The van der Waals surface area contributed by atoms with Crippen LogP contribution in [-0.4, -0.2) is 37.1 Å². The molecule has 0 aromatic heterocycles. The first kappa shape index (κ1) is 14.5. The third-order valence-electron chi connectivity index (χ3n) is 4.20. The fraction of sp³-hybridized carbons (Fsp3) is 0.625. The zero-order valence-electron chi connectivity index (χ0n) is 12.0. The van der Waals surface area contributed by atoms with Crippen molar-refractivity contribution in [2.45, 2.75) is 32.7 Å². The number of likely N-dealkylation sites (tertiary alicyclic amines) is 1. The molecule has 0 bridgehead atoms. The lowest BCUT2D eigenvalue weighted by Gasteiger charge is -2.37. The zero-order valence-corrected chi connectivity index (χ0v) is 12.0. The van der Waals surface area contributed by atoms with Crippen LogP contribution in [0.25, 0.3) is 0 Å². The van der Waals surface area contributed by atoms with Crippen LogP contribution >= 0.6 is 0 Å². The van der Waals surface area contributed by atoms with E-state index < -0.39 is 0 Å². The molecule has 0 amide bonds. The van der Waals surface area contributed by atoms with E-state index in [1.54, 1.807) is 6.07 Å². The van der Waals surface area contributed by atoms with Crippen molar-refractivity contribution in [2.24, 2.45) is 5.92 Å². The summed E-state index contributed by atoms with van der Waals surface area (Å²) in [6.45, 7) is 8.89. The summed E-state index contributed by atoms with van der Waals surface area (Å²) in [5.41, 5.74) is 0.814. The Kier molecular flexibility index (Phi) is 5.34. The van der Waals surface area contributed by atoms with E-state index in [1.165, 1.54) is 25.6 Å². The van der Waals surface area contributed by atoms with Crippen molar-refractivity contribution in [1.29, 1.82) is 0 Å². The first-order valence-corrected chi connectivity index (χ1v) is 7.40. The molecule has 0 spiro atoms. The lowest BCUT2D eigenvalue weighted by atomic mass is 9.93. The second-order valence-electron chi connectivity index (χ2n) is 5.56. The van der Waals surface area contributed by atoms with E-state index in [-0.39, 0.29) is 5.82 Å². The van der Waals surface area contributed by atoms with E-state index in [4.69, 9.17) is 0 Å². The average molecular weight is 264 g/mol. The van der Waals surface area contributed by atoms with Gasteiger partial charge in [-0.1, -0.05) is 32.0 Å². The van der Waals surface area contributed by atoms with Crippen molar-refractivity contribution in [3.8, 4) is 0 Å². The molecule has 1 aromatic rings. The van der Waals surface area contributed by atoms with Crippen LogP contribution in [0.5, 0.6) is 0 Å². The Hall–Kier alpha value is -0.930. The Morgan fingerprint density at radius 2 is 2.16 bits per heavy atom. The molecule has 0 saturated carbocycles. The number of hydrogen-bond donors (Lipinski definition) is 1. The highest BCUT2D eigenvalue weighted by atomic mass is 19.1. The molecule has 1 N–H and O–H groups in total. The smallest absolute Gasteiger partial charge is 0.126 e. The summed E-state index contributed by atoms with van der Waals surface area (Å²) in [5.74, 6) is 0.590. The van der Waals surface area contributed by atoms with E-state index >= 15 is 0 Å². The summed E-state index contributed by atoms with van der Waals surface area (Å²) in [7, 11) is 0. The first-order valence-electron chi connectivity index (χ1n) is 7.40. The second kappa shape index (κ2) is 7.01. The topological polar surface area (TPSA) is 15.3 Å². The minimum atomic E-state index is -0.0850. The maximum atomic E-state index is 13.5. The van der Waals surface area contributed by atoms with Gasteiger partial charge in [-0.25, -0.2) is 4.39 Å². The number of rotatable bonds is 5. The number of nitrogens with zero attached hydrogens (tertiary/aromatic N) is 1. The summed E-state index contributed by atoms with van der Waals surface area (Å²) < 4.78 is 13.5. The Morgan fingerprint density at radius 1 is 1.37 bits per heavy atom. The summed E-state index contributed by atoms with van der Waals surface area (Å²) >= 11 is 0. The van der Waals surface area contributed by atoms with Gasteiger partial charge in [0.25, 0.3) is 0 Å². The molecule has 2 nitrogen and oxygen atoms in total. The second-order valence-corrected chi connectivity index (χ2v) is 5.56. The van der Waals surface area contributed by atoms with E-state index in [1.807, 2.05) is 12.1 Å². The molecule has 1 heterocycles. The van der Waals surface area contributed by atoms with E-state index in [0.29, 0.717) is 12.0 Å². The van der Waals surface area contributed by atoms with Crippen molar-refractivity contribution < 1.29 is 4.39 Å². The predicted octanol–water partition coefficient (Wildman–Crippen LogP) is 2.69. The molecule has 0 unspecified atom stereocenters. The number of nitrogens with one attached hydrogen (secondary N) is 1. The molecule has 19 heavy (non-hydrogen) atoms. The quantitative estimate of drug-likeness (QED) is 0.879. The minimum absolute atomic E-state index is 0.0850. The fourth-order valence-corrected chi connectivity index (χ4v) is 2.92. The van der Waals surface area contributed by atoms with Crippen LogP contribution in [0.2, 0.25) is 0 Å². The molecule has 1 fully saturated rings. The van der Waals surface area contributed by atoms with Gasteiger partial charge in [-0.2, -0.15) is 0 Å². The molecule has 1 aliphatic rings. The van der Waals surface area contributed by atoms with Gasteiger partial charge in [0, 0.05) is 12.6 Å². The third-order valence-corrected chi connectivity index (χ3v) is 4.20. The molecule has 0 aliphatic carbocycles. The van der Waals surface area contributed by atoms with Gasteiger partial charge < -0.3 is 10.2 Å². The van der Waals surface area contributed by atoms with Crippen LogP contribution in [-0.2, 0) is 6.42 Å². The Balaban J connectivity index is 1.76. The van der Waals surface area contributed by atoms with E-state index in [0.717, 1.165) is 25.1 Å². The van der Waals surface area contributed by atoms with Crippen LogP contribution in [0.3, 0.4) is 0 Å². The maximum Gasteiger partial charge on any atom is 0.126 e. The van der Waals surface area contributed by atoms with Crippen LogP contribution < -0.4 is 5.32 Å². The van der Waals surface area contributed by atoms with Crippen LogP contribution in [0.1, 0.15) is 25.8 Å². The van der Waals surface area contributed by atoms with Crippen LogP contribution in [0, 0.1) is 11.7 Å². The van der Waals surface area contributed by atoms with Crippen molar-refractivity contribution in [3.63, 3.8) is 0 Å². The molecule has 2 rings (SSSR count). The minimum Gasteiger partial charge on any atom is -0.313 e. The van der Waals surface area contributed by atoms with Gasteiger partial charge >= 0.3 is 0 Å². The first-order chi connectivity index (χ1) is 9.20. The van der Waals surface area contributed by atoms with Gasteiger partial charge in [0.2, 0.25) is 0 Å². The van der Waals surface area contributed by atoms with Crippen molar-refractivity contribution in [2.75, 3.05) is 26.2 Å². The molecule has 1 saturated heterocycles. The molecule has 3 heteroatoms. The van der Waals surface area contributed by atoms with E-state index in [9.17, 15) is 4.39 Å². The number of halogens is 1. The Morgan fingerprint density at radius 3 is 2.84 bits per heavy atom. The standard InChI is InChI=1S/C16H25FN2/c1-3-19-11-9-16(13(2)12-19)18-10-8-14-6-4-5-7-15(14)17/h4-7,13,16,18H,3,8-12H2,1-2H3/t13-,16+/m1/s1. The van der Waals surface area contributed by atoms with Gasteiger partial charge in [0.1, 0.15) is 5.82 Å². The summed E-state index contributed by atoms with van der Waals surface area (Å²) in [6, 6.07) is 7.64. The molecule has 106 valence electrons. The van der Waals surface area contributed by atoms with Crippen molar-refractivity contribution >= 4 is 0 Å². The SMILES string of the molecule is CCN1CC[C@H](NCCc2ccccc2F)[C@H](C)C1. The molecule has 1 aliphatic heterocycles. The summed E-state index contributed by atoms with van der Waals surface area (Å²) in [5, 5.41) is 3.60. The molecule has 1 aromatic carbocycles. The number of hydrogen-bond acceptors (Lipinski definition) is 2. The lowest BCUT2D eigenvalue weighted by Crippen LogP contribution is -2.48. The molecule has 2 atom stereocenters. The van der Waals surface area contributed by atoms with Crippen LogP contribution in [0.4, 0.5) is 4.39 Å². The monoisotopic (exact) mass is 264 g/mol. The Bertz CT molecular complexity index is 394. The number of benzene rings is 1. The highest BCUT2D eigenvalue weighted by Crippen LogP contribution is 2.16. The van der Waals surface area contributed by atoms with Gasteiger partial charge in [-0.3, -0.25) is 0 Å². The molecular formula is C16H25FN2. The number of piperidine rings is 1. The normalized spacial score (nSPS) is 24.6. The highest BCUT2D eigenvalue weighted by Gasteiger charge is 2.24. The van der Waals surface area contributed by atoms with Gasteiger partial charge in [-0.15, -0.1) is 0 Å². The zero-order chi connectivity index (χ0) is 13.7. The summed E-state index contributed by atoms with van der Waals surface area (Å²) in [4.78, 5) is 2.50. The van der Waals surface area contributed by atoms with E-state index in [2.05, 4.69) is 24.1 Å². The highest BCUT2D eigenvalue weighted by molar-refractivity contribution is 5.17. The Labute approximate surface area is 116 Å².